The van der Waals surface area contributed by atoms with Gasteiger partial charge in [0.05, 0.1) is 25.9 Å². The molecule has 0 aromatic carbocycles. The number of ether oxygens (including phenoxy) is 7. The van der Waals surface area contributed by atoms with E-state index >= 15 is 0 Å². The summed E-state index contributed by atoms with van der Waals surface area (Å²) in [4.78, 5) is 24.2. The van der Waals surface area contributed by atoms with Crippen LogP contribution in [0.4, 0.5) is 0 Å². The van der Waals surface area contributed by atoms with Crippen molar-refractivity contribution in [2.75, 3.05) is 19.8 Å². The first-order valence-corrected chi connectivity index (χ1v) is 15.9. The van der Waals surface area contributed by atoms with Crippen molar-refractivity contribution in [2.45, 2.75) is 143 Å². The van der Waals surface area contributed by atoms with Gasteiger partial charge in [-0.1, -0.05) is 0 Å². The molecule has 2 amide bonds. The molecule has 0 saturated carbocycles. The quantitative estimate of drug-likeness (QED) is 0.0938. The molecule has 0 radical (unpaired) electrons. The lowest BCUT2D eigenvalue weighted by molar-refractivity contribution is -0.353. The molecule has 4 aliphatic heterocycles. The van der Waals surface area contributed by atoms with Crippen molar-refractivity contribution in [1.82, 2.24) is 10.6 Å². The summed E-state index contributed by atoms with van der Waals surface area (Å²) in [6.45, 7) is 1.28. The summed E-state index contributed by atoms with van der Waals surface area (Å²) in [5, 5.41) is 119. The summed E-state index contributed by atoms with van der Waals surface area (Å²) in [5.74, 6) is -1.39. The van der Waals surface area contributed by atoms with E-state index < -0.39 is 154 Å². The largest absolute Gasteiger partial charge is 0.394 e. The zero-order valence-electron chi connectivity index (χ0n) is 27.3. The number of hydrogen-bond acceptors (Lipinski definition) is 20. The predicted octanol–water partition coefficient (Wildman–Crippen LogP) is -8.43. The number of hydrogen-bond donors (Lipinski definition) is 13. The van der Waals surface area contributed by atoms with Crippen LogP contribution in [0, 0.1) is 0 Å². The number of aliphatic hydroxyl groups excluding tert-OH is 11. The zero-order valence-corrected chi connectivity index (χ0v) is 27.3. The van der Waals surface area contributed by atoms with Gasteiger partial charge in [0.15, 0.2) is 25.2 Å². The number of amides is 2. The van der Waals surface area contributed by atoms with E-state index in [1.165, 1.54) is 6.92 Å². The minimum Gasteiger partial charge on any atom is -0.394 e. The van der Waals surface area contributed by atoms with E-state index in [0.717, 1.165) is 13.8 Å². The summed E-state index contributed by atoms with van der Waals surface area (Å²) in [6.07, 6.45) is -29.7. The van der Waals surface area contributed by atoms with Gasteiger partial charge in [-0.3, -0.25) is 9.59 Å². The Bertz CT molecular complexity index is 1130. The highest BCUT2D eigenvalue weighted by molar-refractivity contribution is 5.73. The van der Waals surface area contributed by atoms with Crippen molar-refractivity contribution in [2.24, 2.45) is 0 Å². The maximum atomic E-state index is 12.2. The van der Waals surface area contributed by atoms with Gasteiger partial charge < -0.3 is 100.0 Å². The number of carbonyl (C=O) groups excluding carboxylic acids is 2. The molecule has 4 saturated heterocycles. The standard InChI is InChI=1S/C28H48N2O20/c1-7-15(35)20(40)21(41)28(45-7)49-23-14(30-9(3)34)26(47-11(5-32)17(23)37)44-6-12-16(36)19(39)13(29-8(2)33)27(48-12)50-24-18(38)10(4-31)46-25(43)22(24)42/h7,10-28,31-32,35-43H,4-6H2,1-3H3,(H,29,33)(H,30,34)/t7-,10-,11-,12-,13-,14-,15+,16-,17-,18+,19-,20+,21-,22-,23-,24+,25-,26-,27+,28-/m1/s1. The van der Waals surface area contributed by atoms with Crippen LogP contribution in [0.3, 0.4) is 0 Å². The smallest absolute Gasteiger partial charge is 0.217 e. The van der Waals surface area contributed by atoms with Crippen molar-refractivity contribution in [1.29, 1.82) is 0 Å². The molecule has 290 valence electrons. The van der Waals surface area contributed by atoms with Crippen molar-refractivity contribution in [3.63, 3.8) is 0 Å². The molecule has 4 fully saturated rings. The molecular weight excluding hydrogens is 684 g/mol. The molecule has 0 aromatic heterocycles. The van der Waals surface area contributed by atoms with Gasteiger partial charge >= 0.3 is 0 Å². The Hall–Kier alpha value is -1.78. The fraction of sp³-hybridized carbons (Fsp3) is 0.929. The topological polar surface area (TPSA) is 345 Å². The fourth-order valence-electron chi connectivity index (χ4n) is 6.19. The number of aliphatic hydroxyl groups is 11. The molecule has 20 atom stereocenters. The number of rotatable bonds is 11. The third-order valence-electron chi connectivity index (χ3n) is 8.95. The Labute approximate surface area is 285 Å². The normalized spacial score (nSPS) is 48.5. The average Bonchev–Trinajstić information content (AvgIpc) is 3.06. The molecule has 22 nitrogen and oxygen atoms in total. The number of carbonyl (C=O) groups is 2. The van der Waals surface area contributed by atoms with E-state index in [1.807, 2.05) is 0 Å². The molecule has 4 rings (SSSR count). The lowest BCUT2D eigenvalue weighted by atomic mass is 9.94. The van der Waals surface area contributed by atoms with Crippen LogP contribution >= 0.6 is 0 Å². The van der Waals surface area contributed by atoms with E-state index in [2.05, 4.69) is 10.6 Å². The van der Waals surface area contributed by atoms with Crippen molar-refractivity contribution in [3.05, 3.63) is 0 Å². The lowest BCUT2D eigenvalue weighted by Gasteiger charge is -2.48. The van der Waals surface area contributed by atoms with Crippen LogP contribution in [-0.4, -0.2) is 211 Å². The highest BCUT2D eigenvalue weighted by atomic mass is 16.7. The van der Waals surface area contributed by atoms with Gasteiger partial charge in [-0.15, -0.1) is 0 Å². The van der Waals surface area contributed by atoms with E-state index in [-0.39, 0.29) is 0 Å². The van der Waals surface area contributed by atoms with Crippen LogP contribution in [-0.2, 0) is 42.7 Å². The van der Waals surface area contributed by atoms with Gasteiger partial charge in [0.1, 0.15) is 91.4 Å². The van der Waals surface area contributed by atoms with Crippen LogP contribution in [0.2, 0.25) is 0 Å². The lowest BCUT2D eigenvalue weighted by Crippen LogP contribution is -2.69. The predicted molar refractivity (Wildman–Crippen MR) is 156 cm³/mol. The maximum Gasteiger partial charge on any atom is 0.217 e. The molecule has 22 heteroatoms. The van der Waals surface area contributed by atoms with Crippen LogP contribution in [0.15, 0.2) is 0 Å². The van der Waals surface area contributed by atoms with Gasteiger partial charge in [-0.2, -0.15) is 0 Å². The first-order chi connectivity index (χ1) is 23.5. The van der Waals surface area contributed by atoms with Crippen molar-refractivity contribution in [3.8, 4) is 0 Å². The molecule has 13 N–H and O–H groups in total. The molecule has 4 heterocycles. The Morgan fingerprint density at radius 1 is 0.560 bits per heavy atom. The van der Waals surface area contributed by atoms with E-state index in [0.29, 0.717) is 0 Å². The zero-order chi connectivity index (χ0) is 37.2. The highest BCUT2D eigenvalue weighted by Gasteiger charge is 2.54. The Kier molecular flexibility index (Phi) is 14.2. The van der Waals surface area contributed by atoms with Crippen molar-refractivity contribution >= 4 is 11.8 Å². The number of nitrogens with one attached hydrogen (secondary N) is 2. The molecule has 0 unspecified atom stereocenters. The average molecular weight is 733 g/mol. The molecule has 50 heavy (non-hydrogen) atoms. The van der Waals surface area contributed by atoms with Crippen LogP contribution < -0.4 is 10.6 Å². The monoisotopic (exact) mass is 732 g/mol. The van der Waals surface area contributed by atoms with Crippen LogP contribution in [0.25, 0.3) is 0 Å². The summed E-state index contributed by atoms with van der Waals surface area (Å²) < 4.78 is 39.2. The minimum absolute atomic E-state index is 0.683. The molecule has 0 spiro atoms. The Balaban J connectivity index is 1.56. The minimum atomic E-state index is -1.92. The molecular formula is C28H48N2O20. The second kappa shape index (κ2) is 17.4. The second-order valence-electron chi connectivity index (χ2n) is 12.6. The molecule has 0 bridgehead atoms. The molecule has 0 aromatic rings. The first kappa shape index (κ1) is 41.0. The summed E-state index contributed by atoms with van der Waals surface area (Å²) in [5.41, 5.74) is 0. The van der Waals surface area contributed by atoms with Crippen LogP contribution in [0.1, 0.15) is 20.8 Å². The van der Waals surface area contributed by atoms with E-state index in [9.17, 15) is 65.8 Å². The SMILES string of the molecule is CC(=O)N[C@H]1[C@H](O[C@@H]2[C@@H](O)[C@H](O)O[C@H](CO)[C@@H]2O)O[C@H](CO[C@@H]2O[C@H](CO)[C@@H](O)[C@H](O[C@H]3O[C@H](C)[C@H](O)[C@H](O)[C@H]3O)[C@H]2NC(C)=O)[C@@H](O)[C@@H]1O. The second-order valence-corrected chi connectivity index (χ2v) is 12.6. The van der Waals surface area contributed by atoms with Crippen molar-refractivity contribution < 1.29 is 98.9 Å². The maximum absolute atomic E-state index is 12.2. The van der Waals surface area contributed by atoms with Gasteiger partial charge in [0.2, 0.25) is 11.8 Å². The highest BCUT2D eigenvalue weighted by Crippen LogP contribution is 2.32. The summed E-state index contributed by atoms with van der Waals surface area (Å²) in [6, 6.07) is -2.96. The fourth-order valence-corrected chi connectivity index (χ4v) is 6.19. The summed E-state index contributed by atoms with van der Waals surface area (Å²) >= 11 is 0. The van der Waals surface area contributed by atoms with Crippen LogP contribution in [0.5, 0.6) is 0 Å². The molecule has 4 aliphatic rings. The van der Waals surface area contributed by atoms with Gasteiger partial charge in [0.25, 0.3) is 0 Å². The summed E-state index contributed by atoms with van der Waals surface area (Å²) in [7, 11) is 0. The third-order valence-corrected chi connectivity index (χ3v) is 8.95. The van der Waals surface area contributed by atoms with Gasteiger partial charge in [0, 0.05) is 13.8 Å². The van der Waals surface area contributed by atoms with E-state index in [4.69, 9.17) is 33.2 Å². The van der Waals surface area contributed by atoms with Gasteiger partial charge in [-0.25, -0.2) is 0 Å². The Morgan fingerprint density at radius 2 is 1.10 bits per heavy atom. The Morgan fingerprint density at radius 3 is 1.70 bits per heavy atom. The first-order valence-electron chi connectivity index (χ1n) is 15.9. The third kappa shape index (κ3) is 8.87. The van der Waals surface area contributed by atoms with Gasteiger partial charge in [-0.05, 0) is 6.92 Å². The molecule has 0 aliphatic carbocycles. The van der Waals surface area contributed by atoms with E-state index in [1.54, 1.807) is 0 Å².